The van der Waals surface area contributed by atoms with E-state index in [1.165, 1.54) is 0 Å². The molecule has 0 aromatic carbocycles. The average molecular weight is 336 g/mol. The Kier molecular flexibility index (Phi) is 4.34. The second-order valence-electron chi connectivity index (χ2n) is 6.02. The molecule has 0 aromatic rings. The van der Waals surface area contributed by atoms with Gasteiger partial charge in [-0.2, -0.15) is 0 Å². The fourth-order valence-corrected chi connectivity index (χ4v) is 4.43. The fraction of sp³-hybridized carbons (Fsp3) is 0.923. The van der Waals surface area contributed by atoms with Crippen molar-refractivity contribution in [1.82, 2.24) is 4.90 Å². The number of halogens is 1. The molecule has 2 heterocycles. The zero-order chi connectivity index (χ0) is 13.4. The van der Waals surface area contributed by atoms with E-state index in [1.54, 1.807) is 0 Å². The van der Waals surface area contributed by atoms with E-state index >= 15 is 0 Å². The van der Waals surface area contributed by atoms with Crippen LogP contribution in [0.2, 0.25) is 0 Å². The Hall–Kier alpha value is 0.260. The van der Waals surface area contributed by atoms with Gasteiger partial charge in [-0.3, -0.25) is 4.79 Å². The van der Waals surface area contributed by atoms with E-state index in [0.717, 1.165) is 23.9 Å². The van der Waals surface area contributed by atoms with Crippen LogP contribution in [-0.2, 0) is 9.53 Å². The van der Waals surface area contributed by atoms with Gasteiger partial charge in [0, 0.05) is 18.4 Å². The predicted molar refractivity (Wildman–Crippen MR) is 79.4 cm³/mol. The van der Waals surface area contributed by atoms with Crippen LogP contribution in [0.15, 0.2) is 0 Å². The maximum absolute atomic E-state index is 12.7. The summed E-state index contributed by atoms with van der Waals surface area (Å²) in [4.78, 5) is 14.7. The fourth-order valence-electron chi connectivity index (χ4n) is 2.81. The zero-order valence-electron chi connectivity index (χ0n) is 11.4. The highest BCUT2D eigenvalue weighted by Crippen LogP contribution is 2.40. The number of hydrogen-bond donors (Lipinski definition) is 0. The van der Waals surface area contributed by atoms with Gasteiger partial charge in [0.05, 0.1) is 16.5 Å². The van der Waals surface area contributed by atoms with Gasteiger partial charge in [-0.25, -0.2) is 0 Å². The Morgan fingerprint density at radius 2 is 2.22 bits per heavy atom. The van der Waals surface area contributed by atoms with E-state index in [1.807, 2.05) is 16.7 Å². The Labute approximate surface area is 122 Å². The van der Waals surface area contributed by atoms with Crippen LogP contribution >= 0.6 is 27.7 Å². The van der Waals surface area contributed by atoms with Crippen molar-refractivity contribution in [3.05, 3.63) is 0 Å². The maximum Gasteiger partial charge on any atom is 0.238 e. The molecule has 18 heavy (non-hydrogen) atoms. The number of morpholine rings is 1. The summed E-state index contributed by atoms with van der Waals surface area (Å²) in [6.07, 6.45) is 2.27. The van der Waals surface area contributed by atoms with E-state index in [9.17, 15) is 4.79 Å². The van der Waals surface area contributed by atoms with E-state index in [0.29, 0.717) is 19.0 Å². The van der Waals surface area contributed by atoms with Crippen LogP contribution in [0.3, 0.4) is 0 Å². The molecule has 5 heteroatoms. The quantitative estimate of drug-likeness (QED) is 0.726. The number of ether oxygens (including phenoxy) is 1. The lowest BCUT2D eigenvalue weighted by Gasteiger charge is -2.44. The first-order valence-corrected chi connectivity index (χ1v) is 8.64. The number of carbonyl (C=O) groups is 1. The van der Waals surface area contributed by atoms with Crippen molar-refractivity contribution in [3.8, 4) is 0 Å². The van der Waals surface area contributed by atoms with Crippen LogP contribution in [0.4, 0.5) is 0 Å². The van der Waals surface area contributed by atoms with Crippen LogP contribution in [0.5, 0.6) is 0 Å². The average Bonchev–Trinajstić information content (AvgIpc) is 2.74. The monoisotopic (exact) mass is 335 g/mol. The third kappa shape index (κ3) is 3.05. The molecule has 2 saturated heterocycles. The first-order chi connectivity index (χ1) is 8.36. The Morgan fingerprint density at radius 1 is 1.50 bits per heavy atom. The second kappa shape index (κ2) is 5.33. The number of hydrogen-bond acceptors (Lipinski definition) is 3. The minimum atomic E-state index is -0.244. The van der Waals surface area contributed by atoms with Gasteiger partial charge in [0.1, 0.15) is 0 Å². The Balaban J connectivity index is 2.09. The van der Waals surface area contributed by atoms with Crippen molar-refractivity contribution in [2.75, 3.05) is 24.2 Å². The van der Waals surface area contributed by atoms with E-state index in [-0.39, 0.29) is 16.5 Å². The molecule has 0 aliphatic carbocycles. The predicted octanol–water partition coefficient (Wildman–Crippen LogP) is 2.67. The molecular formula is C13H22BrNO2S. The lowest BCUT2D eigenvalue weighted by atomic mass is 10.00. The lowest BCUT2D eigenvalue weighted by molar-refractivity contribution is -0.159. The topological polar surface area (TPSA) is 29.5 Å². The molecule has 0 radical (unpaired) electrons. The van der Waals surface area contributed by atoms with E-state index < -0.39 is 0 Å². The Morgan fingerprint density at radius 3 is 2.78 bits per heavy atom. The van der Waals surface area contributed by atoms with Gasteiger partial charge in [-0.1, -0.05) is 15.9 Å². The van der Waals surface area contributed by atoms with Gasteiger partial charge in [0.2, 0.25) is 5.91 Å². The minimum absolute atomic E-state index is 0.104. The molecule has 2 rings (SSSR count). The van der Waals surface area contributed by atoms with Crippen LogP contribution in [0.1, 0.15) is 33.6 Å². The maximum atomic E-state index is 12.7. The summed E-state index contributed by atoms with van der Waals surface area (Å²) in [5.41, 5.74) is -0.244. The highest BCUT2D eigenvalue weighted by molar-refractivity contribution is 9.09. The summed E-state index contributed by atoms with van der Waals surface area (Å²) in [5.74, 6) is 1.41. The van der Waals surface area contributed by atoms with Crippen molar-refractivity contribution in [2.45, 2.75) is 50.1 Å². The third-order valence-corrected chi connectivity index (χ3v) is 5.84. The van der Waals surface area contributed by atoms with Gasteiger partial charge in [0.15, 0.2) is 0 Å². The molecule has 3 nitrogen and oxygen atoms in total. The molecule has 0 spiro atoms. The highest BCUT2D eigenvalue weighted by atomic mass is 79.9. The van der Waals surface area contributed by atoms with Crippen LogP contribution in [0, 0.1) is 0 Å². The number of thioether (sulfide) groups is 1. The smallest absolute Gasteiger partial charge is 0.238 e. The van der Waals surface area contributed by atoms with Crippen molar-refractivity contribution < 1.29 is 9.53 Å². The van der Waals surface area contributed by atoms with Crippen molar-refractivity contribution in [1.29, 1.82) is 0 Å². The first-order valence-electron chi connectivity index (χ1n) is 6.53. The largest absolute Gasteiger partial charge is 0.368 e. The minimum Gasteiger partial charge on any atom is -0.368 e. The molecular weight excluding hydrogens is 314 g/mol. The molecule has 2 atom stereocenters. The molecule has 0 bridgehead atoms. The Bertz CT molecular complexity index is 329. The molecule has 2 unspecified atom stereocenters. The highest BCUT2D eigenvalue weighted by Gasteiger charge is 2.44. The summed E-state index contributed by atoms with van der Waals surface area (Å²) in [7, 11) is 0. The molecule has 2 fully saturated rings. The van der Waals surface area contributed by atoms with Gasteiger partial charge < -0.3 is 9.64 Å². The van der Waals surface area contributed by atoms with E-state index in [2.05, 4.69) is 36.7 Å². The second-order valence-corrected chi connectivity index (χ2v) is 8.27. The van der Waals surface area contributed by atoms with Gasteiger partial charge in [0.25, 0.3) is 0 Å². The van der Waals surface area contributed by atoms with Crippen LogP contribution in [-0.4, -0.2) is 51.4 Å². The van der Waals surface area contributed by atoms with Crippen molar-refractivity contribution >= 4 is 33.6 Å². The summed E-state index contributed by atoms with van der Waals surface area (Å²) in [6, 6.07) is 0. The van der Waals surface area contributed by atoms with Crippen LogP contribution in [0.25, 0.3) is 0 Å². The van der Waals surface area contributed by atoms with Gasteiger partial charge in [-0.05, 0) is 39.4 Å². The summed E-state index contributed by atoms with van der Waals surface area (Å²) in [5, 5.41) is 0.782. The number of carbonyl (C=O) groups excluding carboxylic acids is 1. The standard InChI is InChI=1S/C13H22BrNO2S/c1-12(2)9-15(8-10(7-14)17-12)11(16)13(3)5-4-6-18-13/h10H,4-9H2,1-3H3. The molecule has 104 valence electrons. The molecule has 0 aromatic heterocycles. The summed E-state index contributed by atoms with van der Waals surface area (Å²) < 4.78 is 5.75. The lowest BCUT2D eigenvalue weighted by Crippen LogP contribution is -2.58. The molecule has 0 saturated carbocycles. The van der Waals surface area contributed by atoms with Gasteiger partial charge >= 0.3 is 0 Å². The third-order valence-electron chi connectivity index (χ3n) is 3.61. The molecule has 2 aliphatic rings. The molecule has 0 N–H and O–H groups in total. The summed E-state index contributed by atoms with van der Waals surface area (Å²) >= 11 is 5.28. The van der Waals surface area contributed by atoms with Crippen molar-refractivity contribution in [3.63, 3.8) is 0 Å². The number of alkyl halides is 1. The SMILES string of the molecule is CC1(C)CN(C(=O)C2(C)CCCS2)CC(CBr)O1. The van der Waals surface area contributed by atoms with E-state index in [4.69, 9.17) is 4.74 Å². The normalized spacial score (nSPS) is 35.8. The molecule has 1 amide bonds. The number of nitrogens with zero attached hydrogens (tertiary/aromatic N) is 1. The van der Waals surface area contributed by atoms with Crippen molar-refractivity contribution in [2.24, 2.45) is 0 Å². The molecule has 2 aliphatic heterocycles. The summed E-state index contributed by atoms with van der Waals surface area (Å²) in [6.45, 7) is 7.63. The first kappa shape index (κ1) is 14.7. The number of amides is 1. The number of rotatable bonds is 2. The zero-order valence-corrected chi connectivity index (χ0v) is 13.8. The van der Waals surface area contributed by atoms with Gasteiger partial charge in [-0.15, -0.1) is 11.8 Å². The van der Waals surface area contributed by atoms with Crippen LogP contribution < -0.4 is 0 Å².